The highest BCUT2D eigenvalue weighted by atomic mass is 15.1. The second-order valence-corrected chi connectivity index (χ2v) is 3.52. The number of hydrogen-bond acceptors (Lipinski definition) is 2. The van der Waals surface area contributed by atoms with Gasteiger partial charge in [-0.25, -0.2) is 4.98 Å². The van der Waals surface area contributed by atoms with E-state index in [-0.39, 0.29) is 0 Å². The van der Waals surface area contributed by atoms with Gasteiger partial charge in [-0.3, -0.25) is 0 Å². The highest BCUT2D eigenvalue weighted by Gasteiger charge is 2.15. The average Bonchev–Trinajstić information content (AvgIpc) is 2.60. The zero-order valence-electron chi connectivity index (χ0n) is 7.45. The van der Waals surface area contributed by atoms with Crippen LogP contribution in [0.3, 0.4) is 0 Å². The lowest BCUT2D eigenvalue weighted by Gasteiger charge is -2.02. The Balaban J connectivity index is 2.25. The van der Waals surface area contributed by atoms with Gasteiger partial charge in [0.1, 0.15) is 5.82 Å². The van der Waals surface area contributed by atoms with Crippen LogP contribution in [-0.2, 0) is 13.0 Å². The van der Waals surface area contributed by atoms with Crippen LogP contribution in [0.4, 0.5) is 0 Å². The van der Waals surface area contributed by atoms with E-state index in [4.69, 9.17) is 5.73 Å². The van der Waals surface area contributed by atoms with Crippen molar-refractivity contribution in [3.05, 3.63) is 17.7 Å². The molecule has 1 aromatic heterocycles. The Kier molecular flexibility index (Phi) is 1.89. The van der Waals surface area contributed by atoms with Gasteiger partial charge in [0.2, 0.25) is 0 Å². The van der Waals surface area contributed by atoms with E-state index in [0.717, 1.165) is 18.7 Å². The standard InChI is InChI=1S/C9H15N3/c1-7(5-10)8-6-12-4-2-3-9(12)11-8/h6-7H,2-5,10H2,1H3. The summed E-state index contributed by atoms with van der Waals surface area (Å²) in [6.45, 7) is 3.95. The van der Waals surface area contributed by atoms with Crippen LogP contribution in [0.5, 0.6) is 0 Å². The first-order valence-electron chi connectivity index (χ1n) is 4.57. The van der Waals surface area contributed by atoms with Crippen LogP contribution in [0.15, 0.2) is 6.20 Å². The Labute approximate surface area is 72.6 Å². The molecule has 2 N–H and O–H groups in total. The van der Waals surface area contributed by atoms with Crippen molar-refractivity contribution in [3.8, 4) is 0 Å². The molecular weight excluding hydrogens is 150 g/mol. The van der Waals surface area contributed by atoms with Crippen molar-refractivity contribution in [2.75, 3.05) is 6.54 Å². The molecule has 0 saturated heterocycles. The van der Waals surface area contributed by atoms with Crippen LogP contribution in [0.1, 0.15) is 30.8 Å². The summed E-state index contributed by atoms with van der Waals surface area (Å²) in [5.41, 5.74) is 6.73. The molecule has 2 heterocycles. The first-order valence-corrected chi connectivity index (χ1v) is 4.57. The molecule has 1 atom stereocenters. The van der Waals surface area contributed by atoms with Crippen LogP contribution in [0, 0.1) is 0 Å². The minimum Gasteiger partial charge on any atom is -0.335 e. The van der Waals surface area contributed by atoms with E-state index in [2.05, 4.69) is 22.7 Å². The maximum atomic E-state index is 5.57. The molecule has 0 aliphatic carbocycles. The third-order valence-corrected chi connectivity index (χ3v) is 2.54. The number of imidazole rings is 1. The molecule has 1 aliphatic rings. The van der Waals surface area contributed by atoms with Gasteiger partial charge < -0.3 is 10.3 Å². The van der Waals surface area contributed by atoms with Crippen LogP contribution < -0.4 is 5.73 Å². The number of nitrogens with two attached hydrogens (primary N) is 1. The van der Waals surface area contributed by atoms with Gasteiger partial charge in [0.15, 0.2) is 0 Å². The topological polar surface area (TPSA) is 43.8 Å². The van der Waals surface area contributed by atoms with Gasteiger partial charge in [-0.15, -0.1) is 0 Å². The second kappa shape index (κ2) is 2.90. The van der Waals surface area contributed by atoms with Crippen molar-refractivity contribution < 1.29 is 0 Å². The van der Waals surface area contributed by atoms with E-state index < -0.39 is 0 Å². The largest absolute Gasteiger partial charge is 0.335 e. The minimum absolute atomic E-state index is 0.406. The maximum absolute atomic E-state index is 5.57. The Hall–Kier alpha value is -0.830. The summed E-state index contributed by atoms with van der Waals surface area (Å²) >= 11 is 0. The highest BCUT2D eigenvalue weighted by Crippen LogP contribution is 2.18. The molecule has 0 fully saturated rings. The number of nitrogens with zero attached hydrogens (tertiary/aromatic N) is 2. The van der Waals surface area contributed by atoms with Crippen molar-refractivity contribution in [2.45, 2.75) is 32.2 Å². The Bertz CT molecular complexity index is 256. The molecule has 0 spiro atoms. The van der Waals surface area contributed by atoms with Crippen LogP contribution in [0.25, 0.3) is 0 Å². The summed E-state index contributed by atoms with van der Waals surface area (Å²) in [4.78, 5) is 4.54. The zero-order valence-corrected chi connectivity index (χ0v) is 7.45. The fourth-order valence-electron chi connectivity index (χ4n) is 1.64. The zero-order chi connectivity index (χ0) is 8.55. The minimum atomic E-state index is 0.406. The third kappa shape index (κ3) is 1.14. The summed E-state index contributed by atoms with van der Waals surface area (Å²) in [6, 6.07) is 0. The fraction of sp³-hybridized carbons (Fsp3) is 0.667. The summed E-state index contributed by atoms with van der Waals surface area (Å²) in [5, 5.41) is 0. The number of aryl methyl sites for hydroxylation is 2. The van der Waals surface area contributed by atoms with E-state index in [0.29, 0.717) is 12.5 Å². The SMILES string of the molecule is CC(CN)c1cn2c(n1)CCC2. The molecule has 66 valence electrons. The number of aromatic nitrogens is 2. The molecule has 12 heavy (non-hydrogen) atoms. The van der Waals surface area contributed by atoms with Crippen molar-refractivity contribution >= 4 is 0 Å². The molecule has 0 amide bonds. The van der Waals surface area contributed by atoms with Gasteiger partial charge in [0, 0.05) is 31.6 Å². The molecule has 0 aromatic carbocycles. The lowest BCUT2D eigenvalue weighted by molar-refractivity contribution is 0.720. The number of fused-ring (bicyclic) bond motifs is 1. The van der Waals surface area contributed by atoms with Crippen molar-refractivity contribution in [2.24, 2.45) is 5.73 Å². The molecule has 3 nitrogen and oxygen atoms in total. The predicted molar refractivity (Wildman–Crippen MR) is 48.0 cm³/mol. The quantitative estimate of drug-likeness (QED) is 0.707. The Morgan fingerprint density at radius 2 is 2.58 bits per heavy atom. The molecule has 1 aromatic rings. The van der Waals surface area contributed by atoms with E-state index in [1.54, 1.807) is 0 Å². The Morgan fingerprint density at radius 3 is 3.25 bits per heavy atom. The van der Waals surface area contributed by atoms with Gasteiger partial charge >= 0.3 is 0 Å². The van der Waals surface area contributed by atoms with E-state index in [1.807, 2.05) is 0 Å². The monoisotopic (exact) mass is 165 g/mol. The molecule has 0 bridgehead atoms. The van der Waals surface area contributed by atoms with Crippen molar-refractivity contribution in [3.63, 3.8) is 0 Å². The molecule has 0 radical (unpaired) electrons. The van der Waals surface area contributed by atoms with Gasteiger partial charge in [0.25, 0.3) is 0 Å². The molecule has 1 aliphatic heterocycles. The molecule has 0 saturated carbocycles. The third-order valence-electron chi connectivity index (χ3n) is 2.54. The fourth-order valence-corrected chi connectivity index (χ4v) is 1.64. The van der Waals surface area contributed by atoms with Crippen LogP contribution in [-0.4, -0.2) is 16.1 Å². The molecular formula is C9H15N3. The smallest absolute Gasteiger partial charge is 0.109 e. The summed E-state index contributed by atoms with van der Waals surface area (Å²) in [7, 11) is 0. The summed E-state index contributed by atoms with van der Waals surface area (Å²) < 4.78 is 2.25. The summed E-state index contributed by atoms with van der Waals surface area (Å²) in [6.07, 6.45) is 4.54. The van der Waals surface area contributed by atoms with E-state index in [1.165, 1.54) is 12.2 Å². The second-order valence-electron chi connectivity index (χ2n) is 3.52. The normalized spacial score (nSPS) is 17.8. The van der Waals surface area contributed by atoms with Crippen molar-refractivity contribution in [1.29, 1.82) is 0 Å². The maximum Gasteiger partial charge on any atom is 0.109 e. The number of rotatable bonds is 2. The molecule has 1 unspecified atom stereocenters. The summed E-state index contributed by atoms with van der Waals surface area (Å²) in [5.74, 6) is 1.65. The predicted octanol–water partition coefficient (Wildman–Crippen LogP) is 0.892. The molecule has 3 heteroatoms. The van der Waals surface area contributed by atoms with Crippen molar-refractivity contribution in [1.82, 2.24) is 9.55 Å². The van der Waals surface area contributed by atoms with Gasteiger partial charge in [-0.2, -0.15) is 0 Å². The Morgan fingerprint density at radius 1 is 1.75 bits per heavy atom. The van der Waals surface area contributed by atoms with Gasteiger partial charge in [-0.1, -0.05) is 6.92 Å². The lowest BCUT2D eigenvalue weighted by atomic mass is 10.1. The van der Waals surface area contributed by atoms with Gasteiger partial charge in [0.05, 0.1) is 5.69 Å². The van der Waals surface area contributed by atoms with Crippen LogP contribution >= 0.6 is 0 Å². The average molecular weight is 165 g/mol. The van der Waals surface area contributed by atoms with E-state index in [9.17, 15) is 0 Å². The van der Waals surface area contributed by atoms with E-state index >= 15 is 0 Å². The number of hydrogen-bond donors (Lipinski definition) is 1. The van der Waals surface area contributed by atoms with Gasteiger partial charge in [-0.05, 0) is 6.42 Å². The first kappa shape index (κ1) is 7.80. The van der Waals surface area contributed by atoms with Crippen LogP contribution in [0.2, 0.25) is 0 Å². The molecule has 2 rings (SSSR count). The lowest BCUT2D eigenvalue weighted by Crippen LogP contribution is -2.09. The highest BCUT2D eigenvalue weighted by molar-refractivity contribution is 5.11. The first-order chi connectivity index (χ1) is 5.81.